The summed E-state index contributed by atoms with van der Waals surface area (Å²) in [4.78, 5) is 14.6. The highest BCUT2D eigenvalue weighted by atomic mass is 35.5. The van der Waals surface area contributed by atoms with E-state index in [1.165, 1.54) is 44.9 Å². The monoisotopic (exact) mass is 317 g/mol. The second-order valence-corrected chi connectivity index (χ2v) is 6.45. The fraction of sp³-hybridized carbons (Fsp3) is 0.938. The van der Waals surface area contributed by atoms with Crippen molar-refractivity contribution in [3.8, 4) is 0 Å². The van der Waals surface area contributed by atoms with Crippen molar-refractivity contribution >= 4 is 18.3 Å². The Morgan fingerprint density at radius 1 is 1.05 bits per heavy atom. The highest BCUT2D eigenvalue weighted by Crippen LogP contribution is 2.20. The van der Waals surface area contributed by atoms with Crippen LogP contribution < -0.4 is 11.1 Å². The van der Waals surface area contributed by atoms with Gasteiger partial charge in [0.05, 0.1) is 6.54 Å². The van der Waals surface area contributed by atoms with E-state index in [1.807, 2.05) is 0 Å². The molecule has 1 atom stereocenters. The number of amides is 1. The van der Waals surface area contributed by atoms with E-state index in [4.69, 9.17) is 5.73 Å². The zero-order valence-electron chi connectivity index (χ0n) is 13.2. The van der Waals surface area contributed by atoms with Gasteiger partial charge in [0.25, 0.3) is 0 Å². The Bertz CT molecular complexity index is 291. The molecule has 2 fully saturated rings. The van der Waals surface area contributed by atoms with E-state index < -0.39 is 0 Å². The van der Waals surface area contributed by atoms with Crippen molar-refractivity contribution in [2.24, 2.45) is 5.73 Å². The molecule has 5 heteroatoms. The summed E-state index contributed by atoms with van der Waals surface area (Å²) in [5.74, 6) is 0.223. The van der Waals surface area contributed by atoms with Crippen LogP contribution in [0.3, 0.4) is 0 Å². The number of piperidine rings is 1. The number of nitrogens with one attached hydrogen (secondary N) is 1. The highest BCUT2D eigenvalue weighted by Gasteiger charge is 2.24. The van der Waals surface area contributed by atoms with Crippen LogP contribution in [0.5, 0.6) is 0 Å². The largest absolute Gasteiger partial charge is 0.352 e. The maximum atomic E-state index is 12.3. The van der Waals surface area contributed by atoms with Crippen molar-refractivity contribution < 1.29 is 4.79 Å². The van der Waals surface area contributed by atoms with Gasteiger partial charge in [0.2, 0.25) is 5.91 Å². The van der Waals surface area contributed by atoms with E-state index in [9.17, 15) is 4.79 Å². The second-order valence-electron chi connectivity index (χ2n) is 6.45. The summed E-state index contributed by atoms with van der Waals surface area (Å²) in [6, 6.07) is 0.941. The van der Waals surface area contributed by atoms with Gasteiger partial charge in [0.1, 0.15) is 0 Å². The zero-order valence-corrected chi connectivity index (χ0v) is 14.0. The van der Waals surface area contributed by atoms with Gasteiger partial charge in [-0.15, -0.1) is 12.4 Å². The number of hydrogen-bond donors (Lipinski definition) is 2. The molecule has 124 valence electrons. The third kappa shape index (κ3) is 6.54. The SMILES string of the molecule is Cl.NCCC1CCCCN1CC(=O)NC1CCCCCC1. The van der Waals surface area contributed by atoms with E-state index in [0.29, 0.717) is 18.6 Å². The molecule has 2 rings (SSSR count). The molecule has 0 radical (unpaired) electrons. The summed E-state index contributed by atoms with van der Waals surface area (Å²) < 4.78 is 0. The van der Waals surface area contributed by atoms with E-state index >= 15 is 0 Å². The predicted molar refractivity (Wildman–Crippen MR) is 89.8 cm³/mol. The van der Waals surface area contributed by atoms with Gasteiger partial charge in [-0.1, -0.05) is 32.1 Å². The molecule has 1 aliphatic carbocycles. The minimum absolute atomic E-state index is 0. The van der Waals surface area contributed by atoms with Crippen LogP contribution in [-0.2, 0) is 4.79 Å². The van der Waals surface area contributed by atoms with E-state index in [1.54, 1.807) is 0 Å². The Morgan fingerprint density at radius 3 is 2.38 bits per heavy atom. The average Bonchev–Trinajstić information content (AvgIpc) is 2.70. The normalized spacial score (nSPS) is 24.9. The summed E-state index contributed by atoms with van der Waals surface area (Å²) >= 11 is 0. The molecule has 0 bridgehead atoms. The fourth-order valence-corrected chi connectivity index (χ4v) is 3.67. The summed E-state index contributed by atoms with van der Waals surface area (Å²) in [5.41, 5.74) is 5.69. The van der Waals surface area contributed by atoms with Gasteiger partial charge >= 0.3 is 0 Å². The quantitative estimate of drug-likeness (QED) is 0.766. The van der Waals surface area contributed by atoms with Crippen LogP contribution in [0, 0.1) is 0 Å². The fourth-order valence-electron chi connectivity index (χ4n) is 3.67. The zero-order chi connectivity index (χ0) is 14.2. The number of hydrogen-bond acceptors (Lipinski definition) is 3. The topological polar surface area (TPSA) is 58.4 Å². The van der Waals surface area contributed by atoms with Crippen molar-refractivity contribution in [3.63, 3.8) is 0 Å². The molecule has 4 nitrogen and oxygen atoms in total. The molecule has 1 amide bonds. The van der Waals surface area contributed by atoms with Crippen molar-refractivity contribution in [3.05, 3.63) is 0 Å². The molecule has 0 aromatic rings. The number of halogens is 1. The molecular formula is C16H32ClN3O. The van der Waals surface area contributed by atoms with Crippen LogP contribution in [0.1, 0.15) is 64.2 Å². The van der Waals surface area contributed by atoms with Crippen molar-refractivity contribution in [1.29, 1.82) is 0 Å². The number of rotatable bonds is 5. The van der Waals surface area contributed by atoms with Gasteiger partial charge in [0, 0.05) is 12.1 Å². The predicted octanol–water partition coefficient (Wildman–Crippen LogP) is 2.45. The minimum atomic E-state index is 0. The molecule has 1 unspecified atom stereocenters. The lowest BCUT2D eigenvalue weighted by Gasteiger charge is -2.35. The van der Waals surface area contributed by atoms with Gasteiger partial charge in [-0.2, -0.15) is 0 Å². The first-order chi connectivity index (χ1) is 9.79. The van der Waals surface area contributed by atoms with E-state index in [-0.39, 0.29) is 18.3 Å². The third-order valence-electron chi connectivity index (χ3n) is 4.82. The Hall–Kier alpha value is -0.320. The van der Waals surface area contributed by atoms with Gasteiger partial charge in [-0.3, -0.25) is 9.69 Å². The van der Waals surface area contributed by atoms with Crippen LogP contribution in [0.15, 0.2) is 0 Å². The molecule has 2 aliphatic rings. The first-order valence-corrected chi connectivity index (χ1v) is 8.53. The lowest BCUT2D eigenvalue weighted by atomic mass is 9.99. The van der Waals surface area contributed by atoms with Crippen molar-refractivity contribution in [2.45, 2.75) is 76.3 Å². The highest BCUT2D eigenvalue weighted by molar-refractivity contribution is 5.85. The maximum absolute atomic E-state index is 12.3. The Labute approximate surface area is 135 Å². The summed E-state index contributed by atoms with van der Waals surface area (Å²) in [6.45, 7) is 2.36. The van der Waals surface area contributed by atoms with Gasteiger partial charge in [0.15, 0.2) is 0 Å². The van der Waals surface area contributed by atoms with Crippen LogP contribution in [0.25, 0.3) is 0 Å². The van der Waals surface area contributed by atoms with Crippen LogP contribution >= 0.6 is 12.4 Å². The molecular weight excluding hydrogens is 286 g/mol. The molecule has 3 N–H and O–H groups in total. The lowest BCUT2D eigenvalue weighted by molar-refractivity contribution is -0.124. The van der Waals surface area contributed by atoms with Crippen LogP contribution in [-0.4, -0.2) is 42.5 Å². The van der Waals surface area contributed by atoms with Crippen LogP contribution in [0.4, 0.5) is 0 Å². The smallest absolute Gasteiger partial charge is 0.234 e. The average molecular weight is 318 g/mol. The summed E-state index contributed by atoms with van der Waals surface area (Å²) in [6.07, 6.45) is 12.3. The van der Waals surface area contributed by atoms with Crippen LogP contribution in [0.2, 0.25) is 0 Å². The van der Waals surface area contributed by atoms with Gasteiger partial charge in [-0.05, 0) is 45.2 Å². The number of nitrogens with two attached hydrogens (primary N) is 1. The first kappa shape index (κ1) is 18.7. The van der Waals surface area contributed by atoms with E-state index in [0.717, 1.165) is 32.4 Å². The molecule has 1 heterocycles. The lowest BCUT2D eigenvalue weighted by Crippen LogP contribution is -2.48. The number of likely N-dealkylation sites (tertiary alicyclic amines) is 1. The number of nitrogens with zero attached hydrogens (tertiary/aromatic N) is 1. The summed E-state index contributed by atoms with van der Waals surface area (Å²) in [5, 5.41) is 3.26. The van der Waals surface area contributed by atoms with E-state index in [2.05, 4.69) is 10.2 Å². The molecule has 0 spiro atoms. The second kappa shape index (κ2) is 10.4. The molecule has 1 saturated carbocycles. The molecule has 0 aromatic heterocycles. The van der Waals surface area contributed by atoms with Crippen molar-refractivity contribution in [1.82, 2.24) is 10.2 Å². The summed E-state index contributed by atoms with van der Waals surface area (Å²) in [7, 11) is 0. The van der Waals surface area contributed by atoms with Gasteiger partial charge in [-0.25, -0.2) is 0 Å². The molecule has 0 aromatic carbocycles. The maximum Gasteiger partial charge on any atom is 0.234 e. The van der Waals surface area contributed by atoms with Gasteiger partial charge < -0.3 is 11.1 Å². The molecule has 1 saturated heterocycles. The Kier molecular flexibility index (Phi) is 9.29. The number of carbonyl (C=O) groups is 1. The third-order valence-corrected chi connectivity index (χ3v) is 4.82. The Morgan fingerprint density at radius 2 is 1.71 bits per heavy atom. The van der Waals surface area contributed by atoms with Crippen molar-refractivity contribution in [2.75, 3.05) is 19.6 Å². The first-order valence-electron chi connectivity index (χ1n) is 8.53. The molecule has 21 heavy (non-hydrogen) atoms. The molecule has 1 aliphatic heterocycles. The number of carbonyl (C=O) groups excluding carboxylic acids is 1. The Balaban J connectivity index is 0.00000220. The standard InChI is InChI=1S/C16H31N3O.ClH/c17-11-10-15-9-5-6-12-19(15)13-16(20)18-14-7-3-1-2-4-8-14;/h14-15H,1-13,17H2,(H,18,20);1H. The minimum Gasteiger partial charge on any atom is -0.352 e.